The third-order valence-corrected chi connectivity index (χ3v) is 5.78. The number of aryl methyl sites for hydroxylation is 1. The number of piperazine rings is 1. The lowest BCUT2D eigenvalue weighted by Crippen LogP contribution is -2.49. The Balaban J connectivity index is 1.09. The summed E-state index contributed by atoms with van der Waals surface area (Å²) in [4.78, 5) is 24.9. The van der Waals surface area contributed by atoms with Gasteiger partial charge in [-0.3, -0.25) is 9.69 Å². The van der Waals surface area contributed by atoms with Crippen LogP contribution in [0.2, 0.25) is 0 Å². The van der Waals surface area contributed by atoms with Crippen LogP contribution in [0.15, 0.2) is 65.2 Å². The number of fused-ring (bicyclic) bond motifs is 1. The highest BCUT2D eigenvalue weighted by Gasteiger charge is 2.23. The monoisotopic (exact) mass is 415 g/mol. The van der Waals surface area contributed by atoms with Crippen LogP contribution < -0.4 is 0 Å². The van der Waals surface area contributed by atoms with Crippen molar-refractivity contribution in [3.8, 4) is 11.4 Å². The Bertz CT molecular complexity index is 1130. The number of carbonyl (C=O) groups is 1. The second kappa shape index (κ2) is 8.73. The van der Waals surface area contributed by atoms with E-state index in [1.165, 1.54) is 0 Å². The number of H-pyrrole nitrogens is 1. The summed E-state index contributed by atoms with van der Waals surface area (Å²) in [7, 11) is 0. The van der Waals surface area contributed by atoms with Crippen LogP contribution in [-0.2, 0) is 6.42 Å². The highest BCUT2D eigenvalue weighted by atomic mass is 16.5. The second-order valence-corrected chi connectivity index (χ2v) is 7.89. The topological polar surface area (TPSA) is 78.3 Å². The molecule has 0 spiro atoms. The molecule has 0 radical (unpaired) electrons. The van der Waals surface area contributed by atoms with Crippen molar-refractivity contribution in [1.29, 1.82) is 0 Å². The van der Waals surface area contributed by atoms with Gasteiger partial charge in [0.2, 0.25) is 11.7 Å². The fourth-order valence-electron chi connectivity index (χ4n) is 4.05. The summed E-state index contributed by atoms with van der Waals surface area (Å²) in [6, 6.07) is 19.8. The van der Waals surface area contributed by atoms with E-state index in [9.17, 15) is 4.79 Å². The molecule has 2 aromatic heterocycles. The van der Waals surface area contributed by atoms with Crippen LogP contribution in [-0.4, -0.2) is 63.6 Å². The van der Waals surface area contributed by atoms with Crippen molar-refractivity contribution in [3.63, 3.8) is 0 Å². The number of para-hydroxylation sites is 1. The van der Waals surface area contributed by atoms with Gasteiger partial charge in [-0.1, -0.05) is 53.7 Å². The lowest BCUT2D eigenvalue weighted by Gasteiger charge is -2.34. The van der Waals surface area contributed by atoms with Crippen molar-refractivity contribution < 1.29 is 9.32 Å². The van der Waals surface area contributed by atoms with E-state index in [1.807, 2.05) is 65.6 Å². The molecular weight excluding hydrogens is 390 g/mol. The highest BCUT2D eigenvalue weighted by Crippen LogP contribution is 2.18. The van der Waals surface area contributed by atoms with E-state index in [0.29, 0.717) is 17.4 Å². The first-order valence-corrected chi connectivity index (χ1v) is 10.7. The Morgan fingerprint density at radius 2 is 1.77 bits per heavy atom. The summed E-state index contributed by atoms with van der Waals surface area (Å²) >= 11 is 0. The molecule has 1 amide bonds. The minimum atomic E-state index is 0.0788. The predicted molar refractivity (Wildman–Crippen MR) is 119 cm³/mol. The molecule has 1 saturated heterocycles. The molecule has 7 heteroatoms. The zero-order chi connectivity index (χ0) is 21.0. The number of nitrogens with zero attached hydrogens (tertiary/aromatic N) is 4. The average Bonchev–Trinajstić information content (AvgIpc) is 3.47. The summed E-state index contributed by atoms with van der Waals surface area (Å²) in [5, 5.41) is 5.15. The second-order valence-electron chi connectivity index (χ2n) is 7.89. The molecule has 7 nitrogen and oxygen atoms in total. The summed E-state index contributed by atoms with van der Waals surface area (Å²) in [5.74, 6) is 1.39. The molecule has 4 aromatic rings. The van der Waals surface area contributed by atoms with Crippen molar-refractivity contribution in [2.45, 2.75) is 12.8 Å². The molecule has 2 aromatic carbocycles. The molecule has 31 heavy (non-hydrogen) atoms. The molecule has 5 rings (SSSR count). The summed E-state index contributed by atoms with van der Waals surface area (Å²) in [6.07, 6.45) is 1.71. The third-order valence-electron chi connectivity index (χ3n) is 5.78. The Hall–Kier alpha value is -3.45. The molecule has 0 bridgehead atoms. The molecule has 1 aliphatic heterocycles. The number of amides is 1. The highest BCUT2D eigenvalue weighted by molar-refractivity contribution is 5.98. The standard InChI is InChI=1S/C24H25N5O2/c30-24(21-17-19-9-4-5-10-20(19)25-21)29-15-13-28(14-16-29)12-6-11-22-26-23(27-31-22)18-7-2-1-3-8-18/h1-5,7-10,17,25H,6,11-16H2. The van der Waals surface area contributed by atoms with Crippen molar-refractivity contribution >= 4 is 16.8 Å². The molecule has 1 N–H and O–H groups in total. The summed E-state index contributed by atoms with van der Waals surface area (Å²) < 4.78 is 5.39. The van der Waals surface area contributed by atoms with E-state index in [-0.39, 0.29) is 5.91 Å². The quantitative estimate of drug-likeness (QED) is 0.521. The minimum Gasteiger partial charge on any atom is -0.351 e. The largest absolute Gasteiger partial charge is 0.351 e. The van der Waals surface area contributed by atoms with Crippen LogP contribution in [0.4, 0.5) is 0 Å². The fourth-order valence-corrected chi connectivity index (χ4v) is 4.05. The minimum absolute atomic E-state index is 0.0788. The van der Waals surface area contributed by atoms with Gasteiger partial charge in [-0.15, -0.1) is 0 Å². The van der Waals surface area contributed by atoms with Crippen LogP contribution in [0, 0.1) is 0 Å². The lowest BCUT2D eigenvalue weighted by molar-refractivity contribution is 0.0631. The van der Waals surface area contributed by atoms with Crippen LogP contribution >= 0.6 is 0 Å². The van der Waals surface area contributed by atoms with E-state index in [2.05, 4.69) is 20.0 Å². The Morgan fingerprint density at radius 1 is 1.00 bits per heavy atom. The van der Waals surface area contributed by atoms with Crippen LogP contribution in [0.1, 0.15) is 22.8 Å². The van der Waals surface area contributed by atoms with E-state index in [0.717, 1.165) is 62.0 Å². The number of aromatic amines is 1. The van der Waals surface area contributed by atoms with Gasteiger partial charge in [0.05, 0.1) is 0 Å². The maximum Gasteiger partial charge on any atom is 0.270 e. The molecule has 1 aliphatic rings. The van der Waals surface area contributed by atoms with E-state index >= 15 is 0 Å². The van der Waals surface area contributed by atoms with Gasteiger partial charge in [0.1, 0.15) is 5.69 Å². The SMILES string of the molecule is O=C(c1cc2ccccc2[nH]1)N1CCN(CCCc2nc(-c3ccccc3)no2)CC1. The number of hydrogen-bond acceptors (Lipinski definition) is 5. The maximum atomic E-state index is 12.8. The van der Waals surface area contributed by atoms with Gasteiger partial charge in [0, 0.05) is 49.1 Å². The molecule has 0 saturated carbocycles. The van der Waals surface area contributed by atoms with Crippen molar-refractivity contribution in [2.75, 3.05) is 32.7 Å². The number of aromatic nitrogens is 3. The molecule has 158 valence electrons. The Labute approximate surface area is 180 Å². The number of hydrogen-bond donors (Lipinski definition) is 1. The van der Waals surface area contributed by atoms with Crippen molar-refractivity contribution in [3.05, 3.63) is 72.2 Å². The number of nitrogens with one attached hydrogen (secondary N) is 1. The summed E-state index contributed by atoms with van der Waals surface area (Å²) in [5.41, 5.74) is 2.63. The van der Waals surface area contributed by atoms with Crippen LogP contribution in [0.5, 0.6) is 0 Å². The number of rotatable bonds is 6. The molecule has 3 heterocycles. The van der Waals surface area contributed by atoms with E-state index in [4.69, 9.17) is 4.52 Å². The third kappa shape index (κ3) is 4.36. The molecule has 0 unspecified atom stereocenters. The van der Waals surface area contributed by atoms with Gasteiger partial charge in [-0.2, -0.15) is 4.98 Å². The zero-order valence-electron chi connectivity index (χ0n) is 17.3. The Morgan fingerprint density at radius 3 is 2.58 bits per heavy atom. The van der Waals surface area contributed by atoms with E-state index < -0.39 is 0 Å². The van der Waals surface area contributed by atoms with Gasteiger partial charge in [-0.05, 0) is 25.1 Å². The predicted octanol–water partition coefficient (Wildman–Crippen LogP) is 3.61. The first-order valence-electron chi connectivity index (χ1n) is 10.7. The van der Waals surface area contributed by atoms with Gasteiger partial charge >= 0.3 is 0 Å². The lowest BCUT2D eigenvalue weighted by atomic mass is 10.2. The number of benzene rings is 2. The van der Waals surface area contributed by atoms with Crippen LogP contribution in [0.3, 0.4) is 0 Å². The maximum absolute atomic E-state index is 12.8. The van der Waals surface area contributed by atoms with Gasteiger partial charge in [0.25, 0.3) is 5.91 Å². The fraction of sp³-hybridized carbons (Fsp3) is 0.292. The summed E-state index contributed by atoms with van der Waals surface area (Å²) in [6.45, 7) is 4.20. The normalized spacial score (nSPS) is 14.9. The van der Waals surface area contributed by atoms with Gasteiger partial charge in [0.15, 0.2) is 0 Å². The smallest absolute Gasteiger partial charge is 0.270 e. The van der Waals surface area contributed by atoms with Crippen molar-refractivity contribution in [2.24, 2.45) is 0 Å². The number of carbonyl (C=O) groups excluding carboxylic acids is 1. The van der Waals surface area contributed by atoms with Gasteiger partial charge < -0.3 is 14.4 Å². The first kappa shape index (κ1) is 19.5. The molecule has 1 fully saturated rings. The Kier molecular flexibility index (Phi) is 5.50. The molecule has 0 atom stereocenters. The van der Waals surface area contributed by atoms with Crippen LogP contribution in [0.25, 0.3) is 22.3 Å². The average molecular weight is 415 g/mol. The van der Waals surface area contributed by atoms with E-state index in [1.54, 1.807) is 0 Å². The molecular formula is C24H25N5O2. The zero-order valence-corrected chi connectivity index (χ0v) is 17.3. The van der Waals surface area contributed by atoms with Gasteiger partial charge in [-0.25, -0.2) is 0 Å². The molecule has 0 aliphatic carbocycles. The first-order chi connectivity index (χ1) is 15.3. The van der Waals surface area contributed by atoms with Crippen molar-refractivity contribution in [1.82, 2.24) is 24.9 Å².